The number of rotatable bonds is 6. The minimum Gasteiger partial charge on any atom is -0.377 e. The Morgan fingerprint density at radius 1 is 1.35 bits per heavy atom. The lowest BCUT2D eigenvalue weighted by atomic mass is 9.92. The van der Waals surface area contributed by atoms with Crippen LogP contribution in [0.3, 0.4) is 0 Å². The normalized spacial score (nSPS) is 25.9. The third-order valence-corrected chi connectivity index (χ3v) is 4.70. The summed E-state index contributed by atoms with van der Waals surface area (Å²) in [7, 11) is 2.20. The number of likely N-dealkylation sites (N-methyl/N-ethyl adjacent to an activating group) is 1. The van der Waals surface area contributed by atoms with Crippen LogP contribution in [-0.4, -0.2) is 43.3 Å². The van der Waals surface area contributed by atoms with Gasteiger partial charge in [-0.05, 0) is 38.3 Å². The Labute approximate surface area is 123 Å². The van der Waals surface area contributed by atoms with Gasteiger partial charge in [-0.1, -0.05) is 37.3 Å². The molecule has 4 atom stereocenters. The van der Waals surface area contributed by atoms with Crippen molar-refractivity contribution in [3.63, 3.8) is 0 Å². The predicted molar refractivity (Wildman–Crippen MR) is 83.9 cm³/mol. The summed E-state index contributed by atoms with van der Waals surface area (Å²) in [5.41, 5.74) is 7.43. The molecule has 2 N–H and O–H groups in total. The van der Waals surface area contributed by atoms with Gasteiger partial charge in [0.2, 0.25) is 0 Å². The lowest BCUT2D eigenvalue weighted by molar-refractivity contribution is 0.0658. The van der Waals surface area contributed by atoms with Crippen LogP contribution in [0.25, 0.3) is 0 Å². The monoisotopic (exact) mass is 276 g/mol. The molecular formula is C17H28N2O. The molecular weight excluding hydrogens is 248 g/mol. The third kappa shape index (κ3) is 3.60. The quantitative estimate of drug-likeness (QED) is 0.868. The molecule has 0 aliphatic carbocycles. The van der Waals surface area contributed by atoms with Gasteiger partial charge in [0.1, 0.15) is 0 Å². The lowest BCUT2D eigenvalue weighted by Crippen LogP contribution is -2.47. The molecule has 0 radical (unpaired) electrons. The van der Waals surface area contributed by atoms with Crippen LogP contribution >= 0.6 is 0 Å². The van der Waals surface area contributed by atoms with Gasteiger partial charge >= 0.3 is 0 Å². The zero-order valence-electron chi connectivity index (χ0n) is 13.0. The molecule has 0 spiro atoms. The Kier molecular flexibility index (Phi) is 5.58. The summed E-state index contributed by atoms with van der Waals surface area (Å²) in [6.07, 6.45) is 2.54. The second-order valence-corrected chi connectivity index (χ2v) is 6.03. The molecule has 4 unspecified atom stereocenters. The molecule has 1 aliphatic heterocycles. The van der Waals surface area contributed by atoms with Crippen LogP contribution in [0.5, 0.6) is 0 Å². The summed E-state index contributed by atoms with van der Waals surface area (Å²) in [6.45, 7) is 6.04. The Morgan fingerprint density at radius 3 is 2.60 bits per heavy atom. The first-order valence-electron chi connectivity index (χ1n) is 7.72. The van der Waals surface area contributed by atoms with E-state index in [1.165, 1.54) is 5.56 Å². The molecule has 0 bridgehead atoms. The van der Waals surface area contributed by atoms with Gasteiger partial charge in [0.05, 0.1) is 6.10 Å². The van der Waals surface area contributed by atoms with Gasteiger partial charge in [-0.3, -0.25) is 4.90 Å². The lowest BCUT2D eigenvalue weighted by Gasteiger charge is -2.35. The minimum absolute atomic E-state index is 0.320. The zero-order valence-corrected chi connectivity index (χ0v) is 13.0. The maximum atomic E-state index is 6.03. The van der Waals surface area contributed by atoms with E-state index in [0.29, 0.717) is 30.7 Å². The summed E-state index contributed by atoms with van der Waals surface area (Å²) < 4.78 is 5.69. The molecule has 112 valence electrons. The summed E-state index contributed by atoms with van der Waals surface area (Å²) in [5, 5.41) is 0. The number of nitrogens with two attached hydrogens (primary N) is 1. The number of nitrogens with zero attached hydrogens (tertiary/aromatic N) is 1. The van der Waals surface area contributed by atoms with Crippen molar-refractivity contribution in [2.75, 3.05) is 20.2 Å². The Balaban J connectivity index is 1.98. The molecule has 3 nitrogen and oxygen atoms in total. The second kappa shape index (κ2) is 7.21. The summed E-state index contributed by atoms with van der Waals surface area (Å²) in [6, 6.07) is 11.6. The highest BCUT2D eigenvalue weighted by Crippen LogP contribution is 2.26. The molecule has 0 saturated carbocycles. The number of hydrogen-bond donors (Lipinski definition) is 1. The van der Waals surface area contributed by atoms with Gasteiger partial charge in [-0.2, -0.15) is 0 Å². The smallest absolute Gasteiger partial charge is 0.0703 e. The number of hydrogen-bond acceptors (Lipinski definition) is 3. The average Bonchev–Trinajstić information content (AvgIpc) is 2.91. The van der Waals surface area contributed by atoms with Crippen molar-refractivity contribution in [2.24, 2.45) is 5.73 Å². The molecule has 1 aliphatic rings. The van der Waals surface area contributed by atoms with Gasteiger partial charge < -0.3 is 10.5 Å². The zero-order chi connectivity index (χ0) is 14.5. The fraction of sp³-hybridized carbons (Fsp3) is 0.647. The molecule has 1 saturated heterocycles. The third-order valence-electron chi connectivity index (χ3n) is 4.70. The summed E-state index contributed by atoms with van der Waals surface area (Å²) in [5.74, 6) is 0.532. The van der Waals surface area contributed by atoms with E-state index in [0.717, 1.165) is 19.4 Å². The average molecular weight is 276 g/mol. The highest BCUT2D eigenvalue weighted by molar-refractivity contribution is 5.19. The van der Waals surface area contributed by atoms with E-state index in [1.54, 1.807) is 0 Å². The maximum absolute atomic E-state index is 6.03. The summed E-state index contributed by atoms with van der Waals surface area (Å²) in [4.78, 5) is 2.44. The van der Waals surface area contributed by atoms with Gasteiger partial charge in [0.25, 0.3) is 0 Å². The van der Waals surface area contributed by atoms with E-state index < -0.39 is 0 Å². The van der Waals surface area contributed by atoms with Crippen molar-refractivity contribution >= 4 is 0 Å². The van der Waals surface area contributed by atoms with Crippen molar-refractivity contribution in [3.05, 3.63) is 35.9 Å². The molecule has 1 heterocycles. The van der Waals surface area contributed by atoms with Crippen molar-refractivity contribution < 1.29 is 4.74 Å². The van der Waals surface area contributed by atoms with Crippen LogP contribution in [-0.2, 0) is 4.74 Å². The van der Waals surface area contributed by atoms with Gasteiger partial charge in [-0.25, -0.2) is 0 Å². The van der Waals surface area contributed by atoms with E-state index in [4.69, 9.17) is 10.5 Å². The van der Waals surface area contributed by atoms with E-state index in [9.17, 15) is 0 Å². The first kappa shape index (κ1) is 15.5. The van der Waals surface area contributed by atoms with Crippen LogP contribution in [0.2, 0.25) is 0 Å². The second-order valence-electron chi connectivity index (χ2n) is 6.03. The molecule has 1 aromatic rings. The van der Waals surface area contributed by atoms with Gasteiger partial charge in [-0.15, -0.1) is 0 Å². The van der Waals surface area contributed by atoms with Gasteiger partial charge in [0.15, 0.2) is 0 Å². The first-order valence-corrected chi connectivity index (χ1v) is 7.72. The van der Waals surface area contributed by atoms with Crippen molar-refractivity contribution in [2.45, 2.75) is 50.8 Å². The van der Waals surface area contributed by atoms with Crippen molar-refractivity contribution in [1.29, 1.82) is 0 Å². The number of ether oxygens (including phenoxy) is 1. The van der Waals surface area contributed by atoms with E-state index in [-0.39, 0.29) is 0 Å². The van der Waals surface area contributed by atoms with Crippen LogP contribution in [0.1, 0.15) is 38.2 Å². The fourth-order valence-corrected chi connectivity index (χ4v) is 3.28. The molecule has 0 amide bonds. The highest BCUT2D eigenvalue weighted by Gasteiger charge is 2.31. The fourth-order valence-electron chi connectivity index (χ4n) is 3.28. The van der Waals surface area contributed by atoms with E-state index in [2.05, 4.69) is 56.1 Å². The Hall–Kier alpha value is -0.900. The predicted octanol–water partition coefficient (Wildman–Crippen LogP) is 2.62. The molecule has 20 heavy (non-hydrogen) atoms. The molecule has 0 aromatic heterocycles. The van der Waals surface area contributed by atoms with Crippen LogP contribution < -0.4 is 5.73 Å². The topological polar surface area (TPSA) is 38.5 Å². The van der Waals surface area contributed by atoms with Crippen molar-refractivity contribution in [3.8, 4) is 0 Å². The maximum Gasteiger partial charge on any atom is 0.0703 e. The van der Waals surface area contributed by atoms with Gasteiger partial charge in [0, 0.05) is 25.2 Å². The standard InChI is InChI=1S/C17H28N2O/c1-13(15-7-5-4-6-8-15)11-16(12-18)19(3)17-9-10-20-14(17)2/h4-8,13-14,16-17H,9-12,18H2,1-3H3. The largest absolute Gasteiger partial charge is 0.377 e. The molecule has 3 heteroatoms. The van der Waals surface area contributed by atoms with Crippen LogP contribution in [0, 0.1) is 0 Å². The Bertz CT molecular complexity index is 395. The molecule has 1 aromatic carbocycles. The number of benzene rings is 1. The molecule has 1 fully saturated rings. The van der Waals surface area contributed by atoms with Crippen LogP contribution in [0.4, 0.5) is 0 Å². The van der Waals surface area contributed by atoms with E-state index in [1.807, 2.05) is 0 Å². The molecule has 2 rings (SSSR count). The first-order chi connectivity index (χ1) is 9.63. The highest BCUT2D eigenvalue weighted by atomic mass is 16.5. The van der Waals surface area contributed by atoms with E-state index >= 15 is 0 Å². The SMILES string of the molecule is CC(CC(CN)N(C)C1CCOC1C)c1ccccc1. The minimum atomic E-state index is 0.320. The Morgan fingerprint density at radius 2 is 2.05 bits per heavy atom. The van der Waals surface area contributed by atoms with Crippen LogP contribution in [0.15, 0.2) is 30.3 Å². The van der Waals surface area contributed by atoms with Crippen molar-refractivity contribution in [1.82, 2.24) is 4.90 Å². The summed E-state index contributed by atoms with van der Waals surface area (Å²) >= 11 is 0.